The van der Waals surface area contributed by atoms with Crippen LogP contribution in [0.4, 0.5) is 5.69 Å². The molecular weight excluding hydrogens is 382 g/mol. The summed E-state index contributed by atoms with van der Waals surface area (Å²) in [6.45, 7) is 4.54. The molecule has 0 spiro atoms. The summed E-state index contributed by atoms with van der Waals surface area (Å²) in [5.74, 6) is 0.140. The first-order chi connectivity index (χ1) is 14.5. The minimum Gasteiger partial charge on any atom is -0.484 e. The first-order valence-electron chi connectivity index (χ1n) is 10.1. The molecule has 1 fully saturated rings. The molecule has 1 aliphatic rings. The first kappa shape index (κ1) is 21.4. The van der Waals surface area contributed by atoms with Gasteiger partial charge in [0.05, 0.1) is 0 Å². The molecule has 0 aromatic heterocycles. The number of carbonyl (C=O) groups excluding carboxylic acids is 3. The van der Waals surface area contributed by atoms with Crippen LogP contribution in [0.15, 0.2) is 54.6 Å². The van der Waals surface area contributed by atoms with Gasteiger partial charge < -0.3 is 19.9 Å². The van der Waals surface area contributed by atoms with Crippen molar-refractivity contribution in [2.75, 3.05) is 44.2 Å². The van der Waals surface area contributed by atoms with Crippen molar-refractivity contribution in [3.63, 3.8) is 0 Å². The van der Waals surface area contributed by atoms with Crippen LogP contribution in [0.1, 0.15) is 23.7 Å². The molecule has 1 aliphatic heterocycles. The molecule has 2 amide bonds. The van der Waals surface area contributed by atoms with E-state index in [-0.39, 0.29) is 37.2 Å². The van der Waals surface area contributed by atoms with E-state index >= 15 is 0 Å². The number of amides is 2. The zero-order valence-electron chi connectivity index (χ0n) is 17.2. The van der Waals surface area contributed by atoms with Crippen LogP contribution in [0, 0.1) is 0 Å². The van der Waals surface area contributed by atoms with Crippen LogP contribution >= 0.6 is 0 Å². The molecule has 0 atom stereocenters. The normalized spacial score (nSPS) is 13.6. The first-order valence-corrected chi connectivity index (χ1v) is 10.1. The maximum absolute atomic E-state index is 12.4. The molecule has 0 radical (unpaired) electrons. The number of para-hydroxylation sites is 1. The average molecular weight is 409 g/mol. The van der Waals surface area contributed by atoms with Crippen molar-refractivity contribution >= 4 is 23.3 Å². The molecule has 1 N–H and O–H groups in total. The van der Waals surface area contributed by atoms with Crippen molar-refractivity contribution in [2.45, 2.75) is 13.3 Å². The van der Waals surface area contributed by atoms with Crippen molar-refractivity contribution in [3.8, 4) is 5.75 Å². The Hall–Kier alpha value is -3.35. The predicted octanol–water partition coefficient (Wildman–Crippen LogP) is 2.12. The number of hydrogen-bond donors (Lipinski definition) is 1. The Balaban J connectivity index is 1.34. The molecule has 2 aromatic carbocycles. The monoisotopic (exact) mass is 409 g/mol. The number of hydrogen-bond acceptors (Lipinski definition) is 5. The van der Waals surface area contributed by atoms with Gasteiger partial charge in [0.1, 0.15) is 5.75 Å². The number of piperazine rings is 1. The van der Waals surface area contributed by atoms with Crippen LogP contribution < -0.4 is 15.0 Å². The molecule has 0 bridgehead atoms. The molecule has 7 heteroatoms. The molecular formula is C23H27N3O4. The molecule has 30 heavy (non-hydrogen) atoms. The lowest BCUT2D eigenvalue weighted by molar-refractivity contribution is -0.131. The van der Waals surface area contributed by atoms with Crippen LogP contribution in [0.5, 0.6) is 5.75 Å². The van der Waals surface area contributed by atoms with E-state index in [0.29, 0.717) is 24.4 Å². The molecule has 7 nitrogen and oxygen atoms in total. The number of nitrogens with one attached hydrogen (secondary N) is 1. The van der Waals surface area contributed by atoms with Crippen molar-refractivity contribution in [3.05, 3.63) is 60.2 Å². The number of rotatable bonds is 8. The summed E-state index contributed by atoms with van der Waals surface area (Å²) in [7, 11) is 0. The summed E-state index contributed by atoms with van der Waals surface area (Å²) in [5.41, 5.74) is 1.71. The summed E-state index contributed by atoms with van der Waals surface area (Å²) < 4.78 is 5.42. The molecule has 1 saturated heterocycles. The fourth-order valence-corrected chi connectivity index (χ4v) is 3.32. The SMILES string of the molecule is CC(=O)c1cccc(OCC(=O)NCCC(=O)N2CCN(c3ccccc3)CC2)c1. The van der Waals surface area contributed by atoms with E-state index in [1.165, 1.54) is 12.6 Å². The second-order valence-electron chi connectivity index (χ2n) is 7.18. The van der Waals surface area contributed by atoms with Gasteiger partial charge >= 0.3 is 0 Å². The lowest BCUT2D eigenvalue weighted by Crippen LogP contribution is -2.49. The summed E-state index contributed by atoms with van der Waals surface area (Å²) in [6.07, 6.45) is 0.261. The number of nitrogens with zero attached hydrogens (tertiary/aromatic N) is 2. The zero-order chi connectivity index (χ0) is 21.3. The maximum Gasteiger partial charge on any atom is 0.257 e. The second-order valence-corrected chi connectivity index (χ2v) is 7.18. The van der Waals surface area contributed by atoms with Crippen molar-refractivity contribution in [1.82, 2.24) is 10.2 Å². The van der Waals surface area contributed by atoms with Gasteiger partial charge in [0.25, 0.3) is 5.91 Å². The summed E-state index contributed by atoms with van der Waals surface area (Å²) in [5, 5.41) is 2.71. The van der Waals surface area contributed by atoms with Gasteiger partial charge in [0.2, 0.25) is 5.91 Å². The predicted molar refractivity (Wildman–Crippen MR) is 115 cm³/mol. The van der Waals surface area contributed by atoms with Crippen LogP contribution in [-0.4, -0.2) is 61.8 Å². The third-order valence-electron chi connectivity index (χ3n) is 5.03. The second kappa shape index (κ2) is 10.4. The molecule has 0 unspecified atom stereocenters. The molecule has 0 aliphatic carbocycles. The highest BCUT2D eigenvalue weighted by molar-refractivity contribution is 5.94. The van der Waals surface area contributed by atoms with Gasteiger partial charge in [-0.15, -0.1) is 0 Å². The third-order valence-corrected chi connectivity index (χ3v) is 5.03. The Morgan fingerprint density at radius 1 is 0.967 bits per heavy atom. The van der Waals surface area contributed by atoms with Gasteiger partial charge in [0, 0.05) is 50.4 Å². The van der Waals surface area contributed by atoms with Gasteiger partial charge in [-0.05, 0) is 31.2 Å². The summed E-state index contributed by atoms with van der Waals surface area (Å²) in [4.78, 5) is 39.9. The van der Waals surface area contributed by atoms with E-state index in [1.54, 1.807) is 24.3 Å². The fourth-order valence-electron chi connectivity index (χ4n) is 3.32. The number of Topliss-reactive ketones (excluding diaryl/α,β-unsaturated/α-hetero) is 1. The van der Waals surface area contributed by atoms with E-state index < -0.39 is 0 Å². The van der Waals surface area contributed by atoms with Gasteiger partial charge in [-0.25, -0.2) is 0 Å². The number of anilines is 1. The van der Waals surface area contributed by atoms with Crippen LogP contribution in [-0.2, 0) is 9.59 Å². The zero-order valence-corrected chi connectivity index (χ0v) is 17.2. The minimum absolute atomic E-state index is 0.0399. The lowest BCUT2D eigenvalue weighted by atomic mass is 10.1. The van der Waals surface area contributed by atoms with Crippen molar-refractivity contribution < 1.29 is 19.1 Å². The standard InChI is InChI=1S/C23H27N3O4/c1-18(27)19-6-5-9-21(16-19)30-17-22(28)24-11-10-23(29)26-14-12-25(13-15-26)20-7-3-2-4-8-20/h2-9,16H,10-15,17H2,1H3,(H,24,28). The van der Waals surface area contributed by atoms with E-state index in [4.69, 9.17) is 4.74 Å². The molecule has 0 saturated carbocycles. The highest BCUT2D eigenvalue weighted by Crippen LogP contribution is 2.16. The molecule has 1 heterocycles. The summed E-state index contributed by atoms with van der Waals surface area (Å²) in [6, 6.07) is 16.9. The smallest absolute Gasteiger partial charge is 0.257 e. The summed E-state index contributed by atoms with van der Waals surface area (Å²) >= 11 is 0. The third kappa shape index (κ3) is 6.07. The Kier molecular flexibility index (Phi) is 7.43. The van der Waals surface area contributed by atoms with Crippen LogP contribution in [0.2, 0.25) is 0 Å². The molecule has 2 aromatic rings. The highest BCUT2D eigenvalue weighted by Gasteiger charge is 2.21. The highest BCUT2D eigenvalue weighted by atomic mass is 16.5. The fraction of sp³-hybridized carbons (Fsp3) is 0.348. The van der Waals surface area contributed by atoms with Crippen LogP contribution in [0.25, 0.3) is 0 Å². The maximum atomic E-state index is 12.4. The Labute approximate surface area is 176 Å². The van der Waals surface area contributed by atoms with Crippen molar-refractivity contribution in [2.24, 2.45) is 0 Å². The lowest BCUT2D eigenvalue weighted by Gasteiger charge is -2.36. The van der Waals surface area contributed by atoms with Gasteiger partial charge in [0.15, 0.2) is 12.4 Å². The van der Waals surface area contributed by atoms with E-state index in [2.05, 4.69) is 22.3 Å². The van der Waals surface area contributed by atoms with Gasteiger partial charge in [-0.2, -0.15) is 0 Å². The Bertz CT molecular complexity index is 877. The van der Waals surface area contributed by atoms with Crippen molar-refractivity contribution in [1.29, 1.82) is 0 Å². The topological polar surface area (TPSA) is 78.9 Å². The number of carbonyl (C=O) groups is 3. The quantitative estimate of drug-likeness (QED) is 0.676. The van der Waals surface area contributed by atoms with Gasteiger partial charge in [-0.1, -0.05) is 30.3 Å². The Morgan fingerprint density at radius 3 is 2.40 bits per heavy atom. The van der Waals surface area contributed by atoms with E-state index in [1.807, 2.05) is 23.1 Å². The largest absolute Gasteiger partial charge is 0.484 e. The molecule has 3 rings (SSSR count). The van der Waals surface area contributed by atoms with Gasteiger partial charge in [-0.3, -0.25) is 14.4 Å². The van der Waals surface area contributed by atoms with E-state index in [9.17, 15) is 14.4 Å². The Morgan fingerprint density at radius 2 is 1.70 bits per heavy atom. The number of benzene rings is 2. The average Bonchev–Trinajstić information content (AvgIpc) is 2.78. The van der Waals surface area contributed by atoms with E-state index in [0.717, 1.165) is 13.1 Å². The van der Waals surface area contributed by atoms with Crippen LogP contribution in [0.3, 0.4) is 0 Å². The number of ketones is 1. The minimum atomic E-state index is -0.301. The molecule has 158 valence electrons. The number of ether oxygens (including phenoxy) is 1.